The third-order valence-electron chi connectivity index (χ3n) is 6.45. The van der Waals surface area contributed by atoms with Crippen LogP contribution in [-0.4, -0.2) is 4.57 Å². The highest BCUT2D eigenvalue weighted by Crippen LogP contribution is 2.41. The van der Waals surface area contributed by atoms with Crippen LogP contribution in [0.4, 0.5) is 5.69 Å². The van der Waals surface area contributed by atoms with Crippen molar-refractivity contribution in [2.45, 2.75) is 0 Å². The van der Waals surface area contributed by atoms with Gasteiger partial charge in [-0.2, -0.15) is 10.5 Å². The second-order valence-electron chi connectivity index (χ2n) is 8.34. The maximum atomic E-state index is 9.99. The number of aromatic nitrogens is 1. The second kappa shape index (κ2) is 7.89. The lowest BCUT2D eigenvalue weighted by Gasteiger charge is -2.13. The average Bonchev–Trinajstić information content (AvgIpc) is 3.26. The molecule has 0 atom stereocenters. The number of hydrogen-bond donors (Lipinski definition) is 0. The molecule has 5 aromatic carbocycles. The standard InChI is InChI=1S/C31H16N4/c1-34-27-16-20(18-32)15-24(19-33)31(27)35-28-13-12-23(21-7-3-2-4-8-21)17-26(28)30-25-10-6-5-9-22(25)11-14-29(30)35/h2-17H. The van der Waals surface area contributed by atoms with Crippen LogP contribution in [-0.2, 0) is 0 Å². The Bertz CT molecular complexity index is 1890. The lowest BCUT2D eigenvalue weighted by molar-refractivity contribution is 1.17. The van der Waals surface area contributed by atoms with Crippen molar-refractivity contribution in [1.29, 1.82) is 10.5 Å². The van der Waals surface area contributed by atoms with Gasteiger partial charge >= 0.3 is 0 Å². The number of benzene rings is 5. The summed E-state index contributed by atoms with van der Waals surface area (Å²) in [6.07, 6.45) is 0. The summed E-state index contributed by atoms with van der Waals surface area (Å²) in [5.74, 6) is 0. The normalized spacial score (nSPS) is 10.8. The van der Waals surface area contributed by atoms with Gasteiger partial charge in [0.1, 0.15) is 0 Å². The second-order valence-corrected chi connectivity index (χ2v) is 8.34. The summed E-state index contributed by atoms with van der Waals surface area (Å²) in [4.78, 5) is 3.71. The summed E-state index contributed by atoms with van der Waals surface area (Å²) in [6.45, 7) is 7.82. The molecular formula is C31H16N4. The van der Waals surface area contributed by atoms with Crippen molar-refractivity contribution in [3.63, 3.8) is 0 Å². The number of nitrogens with zero attached hydrogens (tertiary/aromatic N) is 4. The lowest BCUT2D eigenvalue weighted by Crippen LogP contribution is -1.99. The molecule has 0 bridgehead atoms. The van der Waals surface area contributed by atoms with Crippen LogP contribution in [0.25, 0.3) is 54.2 Å². The number of hydrogen-bond acceptors (Lipinski definition) is 2. The highest BCUT2D eigenvalue weighted by Gasteiger charge is 2.21. The highest BCUT2D eigenvalue weighted by molar-refractivity contribution is 6.22. The molecule has 0 unspecified atom stereocenters. The average molecular weight is 444 g/mol. The van der Waals surface area contributed by atoms with Crippen LogP contribution in [0.2, 0.25) is 0 Å². The molecule has 0 fully saturated rings. The molecule has 4 heteroatoms. The largest absolute Gasteiger partial charge is 0.318 e. The maximum absolute atomic E-state index is 9.99. The molecule has 0 radical (unpaired) electrons. The van der Waals surface area contributed by atoms with Crippen molar-refractivity contribution in [3.8, 4) is 29.0 Å². The summed E-state index contributed by atoms with van der Waals surface area (Å²) in [5.41, 5.74) is 5.41. The summed E-state index contributed by atoms with van der Waals surface area (Å²) in [7, 11) is 0. The van der Waals surface area contributed by atoms with Gasteiger partial charge in [-0.3, -0.25) is 0 Å². The molecule has 1 heterocycles. The first-order valence-corrected chi connectivity index (χ1v) is 11.1. The monoisotopic (exact) mass is 444 g/mol. The van der Waals surface area contributed by atoms with Crippen LogP contribution in [0.1, 0.15) is 11.1 Å². The fourth-order valence-corrected chi connectivity index (χ4v) is 4.93. The zero-order valence-corrected chi connectivity index (χ0v) is 18.5. The van der Waals surface area contributed by atoms with Crippen molar-refractivity contribution >= 4 is 38.3 Å². The molecule has 1 aromatic heterocycles. The molecule has 35 heavy (non-hydrogen) atoms. The van der Waals surface area contributed by atoms with E-state index >= 15 is 0 Å². The van der Waals surface area contributed by atoms with Gasteiger partial charge < -0.3 is 4.57 Å². The van der Waals surface area contributed by atoms with Gasteiger partial charge in [0.2, 0.25) is 5.69 Å². The van der Waals surface area contributed by atoms with Crippen LogP contribution < -0.4 is 0 Å². The Morgan fingerprint density at radius 1 is 0.686 bits per heavy atom. The van der Waals surface area contributed by atoms with Crippen LogP contribution in [0.15, 0.2) is 97.1 Å². The van der Waals surface area contributed by atoms with E-state index in [0.29, 0.717) is 16.8 Å². The first-order valence-electron chi connectivity index (χ1n) is 11.1. The molecule has 0 aliphatic rings. The van der Waals surface area contributed by atoms with Crippen LogP contribution in [0, 0.1) is 29.2 Å². The van der Waals surface area contributed by atoms with E-state index in [4.69, 9.17) is 6.57 Å². The summed E-state index contributed by atoms with van der Waals surface area (Å²) in [6, 6.07) is 36.3. The predicted molar refractivity (Wildman–Crippen MR) is 139 cm³/mol. The zero-order valence-electron chi connectivity index (χ0n) is 18.5. The smallest absolute Gasteiger partial charge is 0.213 e. The van der Waals surface area contributed by atoms with Gasteiger partial charge in [-0.15, -0.1) is 0 Å². The molecule has 6 rings (SSSR count). The molecule has 4 nitrogen and oxygen atoms in total. The van der Waals surface area contributed by atoms with Crippen LogP contribution in [0.3, 0.4) is 0 Å². The molecule has 160 valence electrons. The number of rotatable bonds is 2. The van der Waals surface area contributed by atoms with Gasteiger partial charge in [0, 0.05) is 16.3 Å². The molecule has 0 amide bonds. The Morgan fingerprint density at radius 3 is 2.23 bits per heavy atom. The van der Waals surface area contributed by atoms with E-state index in [1.807, 2.05) is 41.0 Å². The Balaban J connectivity index is 1.82. The van der Waals surface area contributed by atoms with Gasteiger partial charge in [-0.05, 0) is 52.2 Å². The van der Waals surface area contributed by atoms with Crippen molar-refractivity contribution < 1.29 is 0 Å². The number of fused-ring (bicyclic) bond motifs is 5. The minimum absolute atomic E-state index is 0.277. The first kappa shape index (κ1) is 20.3. The molecule has 6 aromatic rings. The molecule has 0 saturated carbocycles. The fourth-order valence-electron chi connectivity index (χ4n) is 4.93. The molecule has 0 spiro atoms. The molecule has 0 aliphatic carbocycles. The van der Waals surface area contributed by atoms with E-state index in [9.17, 15) is 10.5 Å². The Labute approximate surface area is 201 Å². The summed E-state index contributed by atoms with van der Waals surface area (Å²) >= 11 is 0. The first-order chi connectivity index (χ1) is 17.2. The van der Waals surface area contributed by atoms with E-state index in [1.54, 1.807) is 12.1 Å². The van der Waals surface area contributed by atoms with E-state index in [0.717, 1.165) is 43.7 Å². The topological polar surface area (TPSA) is 56.9 Å². The van der Waals surface area contributed by atoms with Crippen molar-refractivity contribution in [1.82, 2.24) is 4.57 Å². The van der Waals surface area contributed by atoms with Gasteiger partial charge in [0.25, 0.3) is 0 Å². The van der Waals surface area contributed by atoms with Crippen molar-refractivity contribution in [2.75, 3.05) is 0 Å². The SMILES string of the molecule is [C-]#[N+]c1cc(C#N)cc(C#N)c1-n1c2ccc(-c3ccccc3)cc2c2c3ccccc3ccc21. The van der Waals surface area contributed by atoms with E-state index in [2.05, 4.69) is 65.5 Å². The minimum Gasteiger partial charge on any atom is -0.318 e. The Kier molecular flexibility index (Phi) is 4.57. The third kappa shape index (κ3) is 3.05. The van der Waals surface area contributed by atoms with Crippen molar-refractivity contribution in [3.05, 3.63) is 120 Å². The summed E-state index contributed by atoms with van der Waals surface area (Å²) in [5, 5.41) is 23.8. The maximum Gasteiger partial charge on any atom is 0.213 e. The number of nitriles is 2. The van der Waals surface area contributed by atoms with E-state index < -0.39 is 0 Å². The molecule has 0 aliphatic heterocycles. The minimum atomic E-state index is 0.277. The Hall–Kier alpha value is -5.37. The quantitative estimate of drug-likeness (QED) is 0.255. The zero-order chi connectivity index (χ0) is 23.9. The molecule has 0 N–H and O–H groups in total. The van der Waals surface area contributed by atoms with E-state index in [1.165, 1.54) is 0 Å². The van der Waals surface area contributed by atoms with Gasteiger partial charge in [0.15, 0.2) is 0 Å². The van der Waals surface area contributed by atoms with Crippen LogP contribution >= 0.6 is 0 Å². The van der Waals surface area contributed by atoms with Gasteiger partial charge in [-0.25, -0.2) is 4.85 Å². The molecular weight excluding hydrogens is 428 g/mol. The van der Waals surface area contributed by atoms with Crippen molar-refractivity contribution in [2.24, 2.45) is 0 Å². The van der Waals surface area contributed by atoms with Gasteiger partial charge in [-0.1, -0.05) is 66.7 Å². The predicted octanol–water partition coefficient (Wildman–Crippen LogP) is 7.90. The Morgan fingerprint density at radius 2 is 1.46 bits per heavy atom. The third-order valence-corrected chi connectivity index (χ3v) is 6.45. The summed E-state index contributed by atoms with van der Waals surface area (Å²) < 4.78 is 2.00. The van der Waals surface area contributed by atoms with Crippen LogP contribution in [0.5, 0.6) is 0 Å². The van der Waals surface area contributed by atoms with Gasteiger partial charge in [0.05, 0.1) is 41.0 Å². The highest BCUT2D eigenvalue weighted by atomic mass is 15.0. The molecule has 0 saturated heterocycles. The lowest BCUT2D eigenvalue weighted by atomic mass is 10.0. The fraction of sp³-hybridized carbons (Fsp3) is 0. The van der Waals surface area contributed by atoms with E-state index in [-0.39, 0.29) is 5.69 Å².